The standard InChI is InChI=1S/C16H28N8O8/c17-8(2-1-3-20-16(18)19)14(31)22-6-11(26)24-9(4-12(27)28)15(32)23-5-10(25)21-7-13(29)30/h8-9H,1-7,17H2,(H,21,25)(H,22,31)(H,23,32)(H,24,26)(H,27,28)(H,29,30)(H4,18,19,20)/t8-,9-/m0/s1. The molecule has 0 aromatic carbocycles. The highest BCUT2D eigenvalue weighted by molar-refractivity contribution is 5.94. The van der Waals surface area contributed by atoms with Crippen molar-refractivity contribution in [1.29, 1.82) is 0 Å². The van der Waals surface area contributed by atoms with Crippen molar-refractivity contribution in [2.45, 2.75) is 31.3 Å². The van der Waals surface area contributed by atoms with Crippen molar-refractivity contribution in [3.05, 3.63) is 0 Å². The Morgan fingerprint density at radius 2 is 1.41 bits per heavy atom. The third-order valence-electron chi connectivity index (χ3n) is 3.62. The van der Waals surface area contributed by atoms with E-state index in [0.29, 0.717) is 6.42 Å². The van der Waals surface area contributed by atoms with Gasteiger partial charge in [-0.25, -0.2) is 0 Å². The lowest BCUT2D eigenvalue weighted by Crippen LogP contribution is -2.52. The number of aliphatic imine (C=N–C) groups is 1. The van der Waals surface area contributed by atoms with Crippen LogP contribution in [0.3, 0.4) is 0 Å². The molecule has 0 radical (unpaired) electrons. The summed E-state index contributed by atoms with van der Waals surface area (Å²) in [6, 6.07) is -2.49. The highest BCUT2D eigenvalue weighted by Gasteiger charge is 2.24. The van der Waals surface area contributed by atoms with Crippen LogP contribution in [0.5, 0.6) is 0 Å². The van der Waals surface area contributed by atoms with Crippen LogP contribution in [0.15, 0.2) is 4.99 Å². The summed E-state index contributed by atoms with van der Waals surface area (Å²) in [6.07, 6.45) is -0.148. The number of aliphatic carboxylic acids is 2. The van der Waals surface area contributed by atoms with Crippen LogP contribution in [0.2, 0.25) is 0 Å². The largest absolute Gasteiger partial charge is 0.481 e. The molecule has 16 heteroatoms. The Kier molecular flexibility index (Phi) is 13.1. The van der Waals surface area contributed by atoms with Gasteiger partial charge in [0.25, 0.3) is 0 Å². The molecule has 0 heterocycles. The maximum Gasteiger partial charge on any atom is 0.322 e. The summed E-state index contributed by atoms with van der Waals surface area (Å²) in [5.41, 5.74) is 16.0. The van der Waals surface area contributed by atoms with Crippen LogP contribution in [0, 0.1) is 0 Å². The van der Waals surface area contributed by atoms with Gasteiger partial charge in [0.2, 0.25) is 23.6 Å². The van der Waals surface area contributed by atoms with E-state index in [-0.39, 0.29) is 18.9 Å². The fraction of sp³-hybridized carbons (Fsp3) is 0.562. The minimum Gasteiger partial charge on any atom is -0.481 e. The first kappa shape index (κ1) is 28.0. The lowest BCUT2D eigenvalue weighted by Gasteiger charge is -2.17. The van der Waals surface area contributed by atoms with Crippen molar-refractivity contribution >= 4 is 41.5 Å². The van der Waals surface area contributed by atoms with Crippen molar-refractivity contribution in [2.75, 3.05) is 26.2 Å². The van der Waals surface area contributed by atoms with Crippen LogP contribution in [-0.2, 0) is 28.8 Å². The predicted octanol–water partition coefficient (Wildman–Crippen LogP) is -5.24. The fourth-order valence-corrected chi connectivity index (χ4v) is 2.11. The fourth-order valence-electron chi connectivity index (χ4n) is 2.11. The average Bonchev–Trinajstić information content (AvgIpc) is 2.70. The molecule has 0 aromatic heterocycles. The molecular weight excluding hydrogens is 432 g/mol. The first-order valence-corrected chi connectivity index (χ1v) is 9.28. The molecule has 0 unspecified atom stereocenters. The van der Waals surface area contributed by atoms with Gasteiger partial charge in [-0.2, -0.15) is 0 Å². The molecule has 0 spiro atoms. The molecule has 0 fully saturated rings. The first-order chi connectivity index (χ1) is 14.9. The van der Waals surface area contributed by atoms with Crippen LogP contribution >= 0.6 is 0 Å². The van der Waals surface area contributed by atoms with Crippen molar-refractivity contribution in [3.63, 3.8) is 0 Å². The van der Waals surface area contributed by atoms with Crippen molar-refractivity contribution in [3.8, 4) is 0 Å². The second kappa shape index (κ2) is 14.9. The van der Waals surface area contributed by atoms with Gasteiger partial charge in [-0.05, 0) is 12.8 Å². The summed E-state index contributed by atoms with van der Waals surface area (Å²) in [5.74, 6) is -6.15. The zero-order valence-electron chi connectivity index (χ0n) is 17.1. The summed E-state index contributed by atoms with van der Waals surface area (Å²) in [6.45, 7) is -1.61. The molecule has 180 valence electrons. The van der Waals surface area contributed by atoms with Gasteiger partial charge >= 0.3 is 11.9 Å². The van der Waals surface area contributed by atoms with E-state index in [1.54, 1.807) is 0 Å². The molecule has 16 nitrogen and oxygen atoms in total. The van der Waals surface area contributed by atoms with E-state index in [2.05, 4.69) is 20.9 Å². The van der Waals surface area contributed by atoms with Gasteiger partial charge in [0, 0.05) is 6.54 Å². The number of carbonyl (C=O) groups is 6. The Morgan fingerprint density at radius 1 is 0.812 bits per heavy atom. The Balaban J connectivity index is 4.55. The molecule has 0 aliphatic carbocycles. The second-order valence-electron chi connectivity index (χ2n) is 6.38. The van der Waals surface area contributed by atoms with E-state index in [0.717, 1.165) is 0 Å². The number of guanidine groups is 1. The maximum absolute atomic E-state index is 12.1. The van der Waals surface area contributed by atoms with Crippen LogP contribution in [0.4, 0.5) is 0 Å². The zero-order valence-corrected chi connectivity index (χ0v) is 17.1. The third kappa shape index (κ3) is 14.1. The Bertz CT molecular complexity index is 738. The lowest BCUT2D eigenvalue weighted by molar-refractivity contribution is -0.141. The van der Waals surface area contributed by atoms with Crippen LogP contribution < -0.4 is 38.5 Å². The molecule has 0 aliphatic heterocycles. The minimum absolute atomic E-state index is 0.0967. The minimum atomic E-state index is -1.54. The molecule has 0 saturated carbocycles. The molecule has 4 amide bonds. The molecule has 0 rings (SSSR count). The molecule has 32 heavy (non-hydrogen) atoms. The number of rotatable bonds is 15. The van der Waals surface area contributed by atoms with Crippen molar-refractivity contribution in [2.24, 2.45) is 22.2 Å². The Labute approximate surface area is 182 Å². The molecule has 12 N–H and O–H groups in total. The summed E-state index contributed by atoms with van der Waals surface area (Å²) in [5, 5.41) is 25.8. The van der Waals surface area contributed by atoms with E-state index in [4.69, 9.17) is 27.4 Å². The molecule has 2 atom stereocenters. The van der Waals surface area contributed by atoms with E-state index in [1.807, 2.05) is 5.32 Å². The monoisotopic (exact) mass is 460 g/mol. The zero-order chi connectivity index (χ0) is 24.7. The van der Waals surface area contributed by atoms with Crippen molar-refractivity contribution < 1.29 is 39.0 Å². The van der Waals surface area contributed by atoms with Gasteiger partial charge in [-0.3, -0.25) is 33.8 Å². The lowest BCUT2D eigenvalue weighted by atomic mass is 10.1. The van der Waals surface area contributed by atoms with Gasteiger partial charge in [0.1, 0.15) is 12.6 Å². The van der Waals surface area contributed by atoms with Gasteiger partial charge < -0.3 is 48.7 Å². The van der Waals surface area contributed by atoms with E-state index in [1.165, 1.54) is 0 Å². The van der Waals surface area contributed by atoms with Crippen LogP contribution in [-0.4, -0.2) is 90.0 Å². The van der Waals surface area contributed by atoms with Crippen LogP contribution in [0.25, 0.3) is 0 Å². The van der Waals surface area contributed by atoms with Crippen LogP contribution in [0.1, 0.15) is 19.3 Å². The van der Waals surface area contributed by atoms with E-state index >= 15 is 0 Å². The van der Waals surface area contributed by atoms with E-state index in [9.17, 15) is 28.8 Å². The highest BCUT2D eigenvalue weighted by Crippen LogP contribution is 1.96. The quantitative estimate of drug-likeness (QED) is 0.0632. The Morgan fingerprint density at radius 3 is 1.97 bits per heavy atom. The highest BCUT2D eigenvalue weighted by atomic mass is 16.4. The van der Waals surface area contributed by atoms with Gasteiger partial charge in [-0.15, -0.1) is 0 Å². The molecule has 0 aliphatic rings. The average molecular weight is 460 g/mol. The number of nitrogens with two attached hydrogens (primary N) is 3. The summed E-state index contributed by atoms with van der Waals surface area (Å²) < 4.78 is 0. The molecular formula is C16H28N8O8. The second-order valence-corrected chi connectivity index (χ2v) is 6.38. The number of nitrogens with one attached hydrogen (secondary N) is 4. The number of hydrogen-bond acceptors (Lipinski definition) is 8. The molecule has 0 bridgehead atoms. The van der Waals surface area contributed by atoms with Gasteiger partial charge in [-0.1, -0.05) is 0 Å². The molecule has 0 aromatic rings. The number of carbonyl (C=O) groups excluding carboxylic acids is 4. The first-order valence-electron chi connectivity index (χ1n) is 9.28. The summed E-state index contributed by atoms with van der Waals surface area (Å²) >= 11 is 0. The summed E-state index contributed by atoms with van der Waals surface area (Å²) in [7, 11) is 0. The normalized spacial score (nSPS) is 11.9. The summed E-state index contributed by atoms with van der Waals surface area (Å²) in [4.78, 5) is 72.4. The SMILES string of the molecule is NC(N)=NCCC[C@H](N)C(=O)NCC(=O)N[C@@H](CC(=O)O)C(=O)NCC(=O)NCC(=O)O. The molecule has 0 saturated heterocycles. The van der Waals surface area contributed by atoms with E-state index < -0.39 is 73.7 Å². The third-order valence-corrected chi connectivity index (χ3v) is 3.62. The smallest absolute Gasteiger partial charge is 0.322 e. The van der Waals surface area contributed by atoms with Gasteiger partial charge in [0.15, 0.2) is 5.96 Å². The van der Waals surface area contributed by atoms with Crippen molar-refractivity contribution in [1.82, 2.24) is 21.3 Å². The number of hydrogen-bond donors (Lipinski definition) is 9. The number of carboxylic acid groups (broad SMARTS) is 2. The maximum atomic E-state index is 12.1. The Hall–Kier alpha value is -3.95. The number of nitrogens with zero attached hydrogens (tertiary/aromatic N) is 1. The predicted molar refractivity (Wildman–Crippen MR) is 109 cm³/mol. The topological polar surface area (TPSA) is 281 Å². The van der Waals surface area contributed by atoms with Gasteiger partial charge in [0.05, 0.1) is 25.6 Å². The number of amides is 4. The number of carboxylic acids is 2.